The van der Waals surface area contributed by atoms with Crippen LogP contribution in [0.5, 0.6) is 0 Å². The lowest BCUT2D eigenvalue weighted by molar-refractivity contribution is -0.143. The van der Waals surface area contributed by atoms with E-state index in [1.807, 2.05) is 0 Å². The van der Waals surface area contributed by atoms with Gasteiger partial charge in [0.2, 0.25) is 5.91 Å². The zero-order chi connectivity index (χ0) is 22.9. The molecule has 168 valence electrons. The molecule has 0 atom stereocenters. The Morgan fingerprint density at radius 3 is 2.66 bits per heavy atom. The number of rotatable bonds is 10. The number of carbonyl (C=O) groups is 2. The van der Waals surface area contributed by atoms with E-state index in [1.54, 1.807) is 54.0 Å². The number of hydrogen-bond donors (Lipinski definition) is 1. The van der Waals surface area contributed by atoms with Gasteiger partial charge in [-0.1, -0.05) is 47.6 Å². The number of ether oxygens (including phenoxy) is 1. The van der Waals surface area contributed by atoms with Crippen LogP contribution in [0.15, 0.2) is 53.7 Å². The molecule has 1 amide bonds. The van der Waals surface area contributed by atoms with E-state index in [1.165, 1.54) is 6.07 Å². The monoisotopic (exact) mass is 476 g/mol. The van der Waals surface area contributed by atoms with E-state index < -0.39 is 5.82 Å². The molecule has 0 aliphatic rings. The van der Waals surface area contributed by atoms with Gasteiger partial charge in [0.05, 0.1) is 23.1 Å². The van der Waals surface area contributed by atoms with Crippen molar-refractivity contribution in [3.05, 3.63) is 59.4 Å². The van der Waals surface area contributed by atoms with Crippen LogP contribution < -0.4 is 5.32 Å². The summed E-state index contributed by atoms with van der Waals surface area (Å²) in [7, 11) is 0. The summed E-state index contributed by atoms with van der Waals surface area (Å²) in [6, 6.07) is 13.3. The summed E-state index contributed by atoms with van der Waals surface area (Å²) < 4.78 is 21.0. The maximum absolute atomic E-state index is 14.6. The number of thioether (sulfide) groups is 1. The van der Waals surface area contributed by atoms with E-state index >= 15 is 0 Å². The third kappa shape index (κ3) is 6.08. The van der Waals surface area contributed by atoms with Gasteiger partial charge >= 0.3 is 5.97 Å². The average Bonchev–Trinajstić information content (AvgIpc) is 3.19. The Balaban J connectivity index is 1.73. The van der Waals surface area contributed by atoms with Gasteiger partial charge in [-0.05, 0) is 37.6 Å². The maximum atomic E-state index is 14.6. The van der Waals surface area contributed by atoms with E-state index in [0.717, 1.165) is 11.8 Å². The van der Waals surface area contributed by atoms with Crippen LogP contribution in [-0.4, -0.2) is 45.5 Å². The van der Waals surface area contributed by atoms with E-state index in [4.69, 9.17) is 16.3 Å². The first-order valence-corrected chi connectivity index (χ1v) is 11.4. The van der Waals surface area contributed by atoms with Crippen molar-refractivity contribution < 1.29 is 18.7 Å². The van der Waals surface area contributed by atoms with Crippen molar-refractivity contribution in [3.8, 4) is 17.1 Å². The predicted molar refractivity (Wildman–Crippen MR) is 121 cm³/mol. The number of benzene rings is 2. The average molecular weight is 477 g/mol. The fourth-order valence-corrected chi connectivity index (χ4v) is 3.90. The first-order chi connectivity index (χ1) is 15.5. The Hall–Kier alpha value is -2.91. The second kappa shape index (κ2) is 11.6. The first kappa shape index (κ1) is 23.7. The molecular formula is C22H22ClFN4O3S. The molecule has 0 aliphatic heterocycles. The maximum Gasteiger partial charge on any atom is 0.305 e. The van der Waals surface area contributed by atoms with Gasteiger partial charge in [0.25, 0.3) is 0 Å². The lowest BCUT2D eigenvalue weighted by Gasteiger charge is -2.12. The van der Waals surface area contributed by atoms with Crippen LogP contribution in [-0.2, 0) is 14.3 Å². The van der Waals surface area contributed by atoms with E-state index in [-0.39, 0.29) is 29.7 Å². The Labute approximate surface area is 194 Å². The van der Waals surface area contributed by atoms with Crippen molar-refractivity contribution in [1.82, 2.24) is 20.1 Å². The number of hydrogen-bond acceptors (Lipinski definition) is 6. The zero-order valence-electron chi connectivity index (χ0n) is 17.4. The molecule has 1 N–H and O–H groups in total. The van der Waals surface area contributed by atoms with E-state index in [0.29, 0.717) is 41.1 Å². The van der Waals surface area contributed by atoms with Crippen LogP contribution in [0.25, 0.3) is 17.1 Å². The molecule has 0 fully saturated rings. The highest BCUT2D eigenvalue weighted by atomic mass is 35.5. The lowest BCUT2D eigenvalue weighted by Crippen LogP contribution is -2.26. The fraction of sp³-hybridized carbons (Fsp3) is 0.273. The van der Waals surface area contributed by atoms with Crippen molar-refractivity contribution in [3.63, 3.8) is 0 Å². The molecule has 3 rings (SSSR count). The topological polar surface area (TPSA) is 86.1 Å². The summed E-state index contributed by atoms with van der Waals surface area (Å²) in [6.45, 7) is 2.43. The molecule has 1 heterocycles. The highest BCUT2D eigenvalue weighted by Crippen LogP contribution is 2.32. The Kier molecular flexibility index (Phi) is 8.64. The fourth-order valence-electron chi connectivity index (χ4n) is 2.91. The van der Waals surface area contributed by atoms with Gasteiger partial charge in [0.1, 0.15) is 5.82 Å². The number of aromatic nitrogens is 3. The summed E-state index contributed by atoms with van der Waals surface area (Å²) in [4.78, 5) is 23.6. The van der Waals surface area contributed by atoms with Crippen molar-refractivity contribution >= 4 is 35.2 Å². The largest absolute Gasteiger partial charge is 0.466 e. The number of carbonyl (C=O) groups excluding carboxylic acids is 2. The summed E-state index contributed by atoms with van der Waals surface area (Å²) >= 11 is 7.46. The van der Waals surface area contributed by atoms with Crippen LogP contribution in [0, 0.1) is 5.82 Å². The number of nitrogens with zero attached hydrogens (tertiary/aromatic N) is 3. The molecule has 10 heteroatoms. The van der Waals surface area contributed by atoms with Crippen molar-refractivity contribution in [2.45, 2.75) is 24.9 Å². The molecule has 1 aromatic heterocycles. The quantitative estimate of drug-likeness (QED) is 0.267. The molecular weight excluding hydrogens is 455 g/mol. The number of nitrogens with one attached hydrogen (secondary N) is 1. The lowest BCUT2D eigenvalue weighted by atomic mass is 10.2. The highest BCUT2D eigenvalue weighted by molar-refractivity contribution is 7.99. The number of halogens is 2. The molecule has 0 saturated carbocycles. The molecule has 0 saturated heterocycles. The zero-order valence-corrected chi connectivity index (χ0v) is 19.0. The normalized spacial score (nSPS) is 10.7. The van der Waals surface area contributed by atoms with Crippen LogP contribution in [0.4, 0.5) is 4.39 Å². The van der Waals surface area contributed by atoms with Crippen LogP contribution in [0.3, 0.4) is 0 Å². The van der Waals surface area contributed by atoms with Crippen molar-refractivity contribution in [2.75, 3.05) is 18.9 Å². The molecule has 0 bridgehead atoms. The van der Waals surface area contributed by atoms with E-state index in [9.17, 15) is 14.0 Å². The highest BCUT2D eigenvalue weighted by Gasteiger charge is 2.20. The molecule has 0 aliphatic carbocycles. The molecule has 0 spiro atoms. The van der Waals surface area contributed by atoms with Crippen molar-refractivity contribution in [1.29, 1.82) is 0 Å². The standard InChI is InChI=1S/C22H22ClFN4O3S/c1-2-31-20(30)12-7-13-25-19(29)14-32-22-27-26-21(15-8-3-4-9-16(15)23)28(22)18-11-6-5-10-17(18)24/h3-6,8-11H,2,7,12-14H2,1H3,(H,25,29). The molecule has 2 aromatic carbocycles. The predicted octanol–water partition coefficient (Wildman–Crippen LogP) is 4.28. The molecule has 32 heavy (non-hydrogen) atoms. The second-order valence-corrected chi connectivity index (χ2v) is 7.97. The van der Waals surface area contributed by atoms with Gasteiger partial charge in [-0.2, -0.15) is 0 Å². The van der Waals surface area contributed by atoms with Gasteiger partial charge in [-0.3, -0.25) is 14.2 Å². The van der Waals surface area contributed by atoms with E-state index in [2.05, 4.69) is 15.5 Å². The van der Waals surface area contributed by atoms with Gasteiger partial charge in [-0.25, -0.2) is 4.39 Å². The third-order valence-electron chi connectivity index (χ3n) is 4.36. The second-order valence-electron chi connectivity index (χ2n) is 6.62. The minimum atomic E-state index is -0.453. The minimum absolute atomic E-state index is 0.0501. The smallest absolute Gasteiger partial charge is 0.305 e. The van der Waals surface area contributed by atoms with Gasteiger partial charge in [-0.15, -0.1) is 10.2 Å². The van der Waals surface area contributed by atoms with Gasteiger partial charge < -0.3 is 10.1 Å². The van der Waals surface area contributed by atoms with Crippen LogP contribution in [0.2, 0.25) is 5.02 Å². The number of esters is 1. The Morgan fingerprint density at radius 1 is 1.16 bits per heavy atom. The molecule has 3 aromatic rings. The summed E-state index contributed by atoms with van der Waals surface area (Å²) in [5, 5.41) is 11.9. The number of amides is 1. The minimum Gasteiger partial charge on any atom is -0.466 e. The molecule has 0 radical (unpaired) electrons. The van der Waals surface area contributed by atoms with Crippen molar-refractivity contribution in [2.24, 2.45) is 0 Å². The summed E-state index contributed by atoms with van der Waals surface area (Å²) in [5.41, 5.74) is 0.852. The number of para-hydroxylation sites is 1. The molecule has 0 unspecified atom stereocenters. The van der Waals surface area contributed by atoms with Crippen LogP contribution in [0.1, 0.15) is 19.8 Å². The molecule has 7 nitrogen and oxygen atoms in total. The Morgan fingerprint density at radius 2 is 1.91 bits per heavy atom. The third-order valence-corrected chi connectivity index (χ3v) is 5.62. The summed E-state index contributed by atoms with van der Waals surface area (Å²) in [6.07, 6.45) is 0.724. The SMILES string of the molecule is CCOC(=O)CCCNC(=O)CSc1nnc(-c2ccccc2Cl)n1-c1ccccc1F. The summed E-state index contributed by atoms with van der Waals surface area (Å²) in [5.74, 6) is -0.555. The van der Waals surface area contributed by atoms with Crippen LogP contribution >= 0.6 is 23.4 Å². The van der Waals surface area contributed by atoms with Gasteiger partial charge in [0.15, 0.2) is 11.0 Å². The Bertz CT molecular complexity index is 1090. The first-order valence-electron chi connectivity index (χ1n) is 10.0. The van der Waals surface area contributed by atoms with Gasteiger partial charge in [0, 0.05) is 18.5 Å².